The van der Waals surface area contributed by atoms with E-state index in [0.29, 0.717) is 0 Å². The number of nitrogens with one attached hydrogen (secondary N) is 1. The Hall–Kier alpha value is -1.20. The van der Waals surface area contributed by atoms with Crippen LogP contribution in [0.2, 0.25) is 0 Å². The van der Waals surface area contributed by atoms with Gasteiger partial charge in [0, 0.05) is 6.54 Å². The quantitative estimate of drug-likeness (QED) is 0.837. The smallest absolute Gasteiger partial charge is 0.387 e. The van der Waals surface area contributed by atoms with Crippen LogP contribution in [0.25, 0.3) is 0 Å². The van der Waals surface area contributed by atoms with E-state index in [1.54, 1.807) is 18.2 Å². The number of benzene rings is 1. The molecule has 0 aliphatic carbocycles. The topological polar surface area (TPSA) is 24.5 Å². The molecule has 21 heavy (non-hydrogen) atoms. The minimum Gasteiger partial charge on any atom is -0.435 e. The molecule has 0 saturated carbocycles. The SMILES string of the molecule is CNCCC1CCN(Cc2cccc(OC(F)F)c2)CC1. The van der Waals surface area contributed by atoms with Crippen LogP contribution in [-0.4, -0.2) is 38.2 Å². The summed E-state index contributed by atoms with van der Waals surface area (Å²) in [5, 5.41) is 3.20. The molecule has 1 aliphatic rings. The van der Waals surface area contributed by atoms with Crippen molar-refractivity contribution in [1.29, 1.82) is 0 Å². The first-order chi connectivity index (χ1) is 10.2. The van der Waals surface area contributed by atoms with Crippen molar-refractivity contribution in [2.45, 2.75) is 32.4 Å². The van der Waals surface area contributed by atoms with Gasteiger partial charge in [0.1, 0.15) is 5.75 Å². The molecule has 0 aromatic heterocycles. The van der Waals surface area contributed by atoms with Crippen LogP contribution >= 0.6 is 0 Å². The summed E-state index contributed by atoms with van der Waals surface area (Å²) in [5.74, 6) is 1.05. The summed E-state index contributed by atoms with van der Waals surface area (Å²) in [5.41, 5.74) is 1.03. The van der Waals surface area contributed by atoms with E-state index < -0.39 is 6.61 Å². The number of halogens is 2. The zero-order valence-electron chi connectivity index (χ0n) is 12.5. The van der Waals surface area contributed by atoms with E-state index in [-0.39, 0.29) is 5.75 Å². The third kappa shape index (κ3) is 5.59. The van der Waals surface area contributed by atoms with E-state index in [0.717, 1.165) is 37.7 Å². The lowest BCUT2D eigenvalue weighted by atomic mass is 9.93. The number of hydrogen-bond donors (Lipinski definition) is 1. The van der Waals surface area contributed by atoms with Gasteiger partial charge in [-0.1, -0.05) is 12.1 Å². The van der Waals surface area contributed by atoms with Gasteiger partial charge in [0.15, 0.2) is 0 Å². The van der Waals surface area contributed by atoms with Crippen molar-refractivity contribution in [3.63, 3.8) is 0 Å². The predicted molar refractivity (Wildman–Crippen MR) is 79.6 cm³/mol. The van der Waals surface area contributed by atoms with E-state index >= 15 is 0 Å². The molecule has 0 radical (unpaired) electrons. The largest absolute Gasteiger partial charge is 0.435 e. The molecule has 1 heterocycles. The van der Waals surface area contributed by atoms with E-state index in [9.17, 15) is 8.78 Å². The van der Waals surface area contributed by atoms with Crippen LogP contribution in [-0.2, 0) is 6.54 Å². The van der Waals surface area contributed by atoms with Gasteiger partial charge in [0.25, 0.3) is 0 Å². The molecule has 1 aromatic carbocycles. The Morgan fingerprint density at radius 3 is 2.76 bits per heavy atom. The van der Waals surface area contributed by atoms with E-state index in [2.05, 4.69) is 15.0 Å². The zero-order chi connectivity index (χ0) is 15.1. The van der Waals surface area contributed by atoms with Crippen molar-refractivity contribution in [3.05, 3.63) is 29.8 Å². The van der Waals surface area contributed by atoms with Gasteiger partial charge in [-0.2, -0.15) is 8.78 Å². The highest BCUT2D eigenvalue weighted by molar-refractivity contribution is 5.28. The highest BCUT2D eigenvalue weighted by atomic mass is 19.3. The molecule has 0 unspecified atom stereocenters. The first-order valence-corrected chi connectivity index (χ1v) is 7.58. The summed E-state index contributed by atoms with van der Waals surface area (Å²) in [4.78, 5) is 2.39. The van der Waals surface area contributed by atoms with Gasteiger partial charge in [-0.05, 0) is 69.6 Å². The fourth-order valence-electron chi connectivity index (χ4n) is 2.86. The molecule has 1 fully saturated rings. The van der Waals surface area contributed by atoms with Gasteiger partial charge in [0.05, 0.1) is 0 Å². The van der Waals surface area contributed by atoms with Crippen LogP contribution in [0.3, 0.4) is 0 Å². The lowest BCUT2D eigenvalue weighted by Crippen LogP contribution is -2.34. The molecule has 2 rings (SSSR count). The van der Waals surface area contributed by atoms with Crippen LogP contribution in [0.4, 0.5) is 8.78 Å². The maximum Gasteiger partial charge on any atom is 0.387 e. The van der Waals surface area contributed by atoms with Crippen molar-refractivity contribution in [2.75, 3.05) is 26.7 Å². The second kappa shape index (κ2) is 8.29. The van der Waals surface area contributed by atoms with Gasteiger partial charge in [-0.25, -0.2) is 0 Å². The summed E-state index contributed by atoms with van der Waals surface area (Å²) in [6.07, 6.45) is 3.67. The van der Waals surface area contributed by atoms with Gasteiger partial charge in [-0.3, -0.25) is 4.90 Å². The molecule has 1 aromatic rings. The average Bonchev–Trinajstić information content (AvgIpc) is 2.46. The molecular weight excluding hydrogens is 274 g/mol. The lowest BCUT2D eigenvalue weighted by molar-refractivity contribution is -0.0499. The Kier molecular flexibility index (Phi) is 6.39. The minimum atomic E-state index is -2.76. The summed E-state index contributed by atoms with van der Waals surface area (Å²) < 4.78 is 28.9. The molecular formula is C16H24F2N2O. The third-order valence-electron chi connectivity index (χ3n) is 4.04. The number of ether oxygens (including phenoxy) is 1. The molecule has 1 N–H and O–H groups in total. The Morgan fingerprint density at radius 1 is 1.33 bits per heavy atom. The number of likely N-dealkylation sites (tertiary alicyclic amines) is 1. The number of piperidine rings is 1. The maximum absolute atomic E-state index is 12.2. The fourth-order valence-corrected chi connectivity index (χ4v) is 2.86. The van der Waals surface area contributed by atoms with Gasteiger partial charge in [-0.15, -0.1) is 0 Å². The molecule has 0 bridgehead atoms. The number of rotatable bonds is 7. The zero-order valence-corrected chi connectivity index (χ0v) is 12.5. The predicted octanol–water partition coefficient (Wildman–Crippen LogP) is 3.11. The Balaban J connectivity index is 1.80. The van der Waals surface area contributed by atoms with Crippen molar-refractivity contribution in [1.82, 2.24) is 10.2 Å². The standard InChI is InChI=1S/C16H24F2N2O/c1-19-8-5-13-6-9-20(10-7-13)12-14-3-2-4-15(11-14)21-16(17)18/h2-4,11,13,16,19H,5-10,12H2,1H3. The summed E-state index contributed by atoms with van der Waals surface area (Å²) in [7, 11) is 1.99. The Bertz CT molecular complexity index is 420. The van der Waals surface area contributed by atoms with E-state index in [4.69, 9.17) is 0 Å². The third-order valence-corrected chi connectivity index (χ3v) is 4.04. The number of alkyl halides is 2. The highest BCUT2D eigenvalue weighted by Crippen LogP contribution is 2.23. The van der Waals surface area contributed by atoms with Crippen LogP contribution in [0.5, 0.6) is 5.75 Å². The molecule has 118 valence electrons. The molecule has 5 heteroatoms. The normalized spacial score (nSPS) is 17.3. The second-order valence-electron chi connectivity index (χ2n) is 5.64. The first-order valence-electron chi connectivity index (χ1n) is 7.58. The average molecular weight is 298 g/mol. The van der Waals surface area contributed by atoms with Gasteiger partial charge < -0.3 is 10.1 Å². The highest BCUT2D eigenvalue weighted by Gasteiger charge is 2.18. The number of hydrogen-bond acceptors (Lipinski definition) is 3. The molecule has 0 amide bonds. The van der Waals surface area contributed by atoms with E-state index in [1.165, 1.54) is 19.3 Å². The second-order valence-corrected chi connectivity index (χ2v) is 5.64. The summed E-state index contributed by atoms with van der Waals surface area (Å²) >= 11 is 0. The minimum absolute atomic E-state index is 0.242. The van der Waals surface area contributed by atoms with Crippen molar-refractivity contribution in [2.24, 2.45) is 5.92 Å². The summed E-state index contributed by atoms with van der Waals surface area (Å²) in [6, 6.07) is 7.01. The maximum atomic E-state index is 12.2. The first kappa shape index (κ1) is 16.2. The van der Waals surface area contributed by atoms with E-state index in [1.807, 2.05) is 13.1 Å². The molecule has 3 nitrogen and oxygen atoms in total. The lowest BCUT2D eigenvalue weighted by Gasteiger charge is -2.32. The monoisotopic (exact) mass is 298 g/mol. The fraction of sp³-hybridized carbons (Fsp3) is 0.625. The summed E-state index contributed by atoms with van der Waals surface area (Å²) in [6.45, 7) is 1.28. The van der Waals surface area contributed by atoms with Crippen LogP contribution in [0, 0.1) is 5.92 Å². The molecule has 1 saturated heterocycles. The van der Waals surface area contributed by atoms with Crippen LogP contribution in [0.15, 0.2) is 24.3 Å². The molecule has 0 atom stereocenters. The number of nitrogens with zero attached hydrogens (tertiary/aromatic N) is 1. The van der Waals surface area contributed by atoms with Gasteiger partial charge in [0.2, 0.25) is 0 Å². The Morgan fingerprint density at radius 2 is 2.10 bits per heavy atom. The Labute approximate surface area is 125 Å². The van der Waals surface area contributed by atoms with Crippen molar-refractivity contribution in [3.8, 4) is 5.75 Å². The van der Waals surface area contributed by atoms with Crippen LogP contribution in [0.1, 0.15) is 24.8 Å². The molecule has 1 aliphatic heterocycles. The van der Waals surface area contributed by atoms with Gasteiger partial charge >= 0.3 is 6.61 Å². The molecule has 0 spiro atoms. The van der Waals surface area contributed by atoms with Crippen molar-refractivity contribution >= 4 is 0 Å². The van der Waals surface area contributed by atoms with Crippen LogP contribution < -0.4 is 10.1 Å². The van der Waals surface area contributed by atoms with Crippen molar-refractivity contribution < 1.29 is 13.5 Å².